The number of hydrogen-bond acceptors (Lipinski definition) is 12. The van der Waals surface area contributed by atoms with Gasteiger partial charge < -0.3 is 42.1 Å². The van der Waals surface area contributed by atoms with E-state index in [0.717, 1.165) is 11.8 Å². The molecule has 2 aromatic rings. The van der Waals surface area contributed by atoms with Gasteiger partial charge in [0.05, 0.1) is 22.8 Å². The topological polar surface area (TPSA) is 220 Å². The molecule has 0 fully saturated rings. The number of nitrogens with zero attached hydrogens (tertiary/aromatic N) is 2. The monoisotopic (exact) mass is 623 g/mol. The summed E-state index contributed by atoms with van der Waals surface area (Å²) in [7, 11) is 6.42. The number of amides is 2. The van der Waals surface area contributed by atoms with Crippen molar-refractivity contribution >= 4 is 45.8 Å². The van der Waals surface area contributed by atoms with E-state index in [1.807, 2.05) is 0 Å². The van der Waals surface area contributed by atoms with E-state index < -0.39 is 68.7 Å². The number of nitrogens with one attached hydrogen (secondary N) is 1. The molecular weight excluding hydrogens is 590 g/mol. The lowest BCUT2D eigenvalue weighted by Gasteiger charge is -2.56. The fourth-order valence-corrected chi connectivity index (χ4v) is 7.41. The number of hydrogen-bond donors (Lipinski definition) is 7. The van der Waals surface area contributed by atoms with Crippen LogP contribution in [0.25, 0.3) is 0 Å². The summed E-state index contributed by atoms with van der Waals surface area (Å²) >= 11 is 0.875. The molecule has 0 saturated heterocycles. The normalized spacial score (nSPS) is 26.2. The van der Waals surface area contributed by atoms with Gasteiger partial charge in [-0.3, -0.25) is 24.1 Å². The standard InChI is InChI=1S/C30H33N5O8S/c1-34(2)17-11-16(33-28(42)44-14-8-6-5-7-9-14)21(36)19-15(17)10-13-12-29(32)24(35(3)4)23(38)20(27(31)41)26(40)30(29,43)25(39)18(13)22(19)37/h5-9,11,13,24,36,38-39,43H,10,12,32H2,1-4H3,(H2,31,41)(H,33,42)/t13-,24+,29+,30-/m0/s1. The van der Waals surface area contributed by atoms with E-state index in [9.17, 15) is 39.6 Å². The second-order valence-corrected chi connectivity index (χ2v) is 12.7. The van der Waals surface area contributed by atoms with Crippen LogP contribution in [-0.2, 0) is 16.0 Å². The minimum atomic E-state index is -3.02. The first-order valence-corrected chi connectivity index (χ1v) is 14.4. The summed E-state index contributed by atoms with van der Waals surface area (Å²) in [5, 5.41) is 47.9. The minimum absolute atomic E-state index is 0.0328. The average molecular weight is 624 g/mol. The number of aliphatic hydroxyl groups is 3. The summed E-state index contributed by atoms with van der Waals surface area (Å²) in [4.78, 5) is 56.6. The maximum atomic E-state index is 14.2. The van der Waals surface area contributed by atoms with Gasteiger partial charge in [-0.05, 0) is 68.4 Å². The molecule has 13 nitrogen and oxygen atoms in total. The SMILES string of the molecule is CN(C)c1cc(NC(=O)Sc2ccccc2)c(O)c2c1C[C@H]1C[C@@]3(N)[C@H](N(C)C)C(O)=C(C(N)=O)C(=O)[C@@]3(O)C(O)=C1C2=O. The molecule has 2 amide bonds. The second-order valence-electron chi connectivity index (χ2n) is 11.6. The van der Waals surface area contributed by atoms with Crippen molar-refractivity contribution in [3.63, 3.8) is 0 Å². The van der Waals surface area contributed by atoms with Gasteiger partial charge in [0.1, 0.15) is 17.1 Å². The molecule has 4 atom stereocenters. The van der Waals surface area contributed by atoms with Crippen molar-refractivity contribution in [3.8, 4) is 5.75 Å². The van der Waals surface area contributed by atoms with Crippen LogP contribution >= 0.6 is 11.8 Å². The highest BCUT2D eigenvalue weighted by Gasteiger charge is 2.70. The van der Waals surface area contributed by atoms with Gasteiger partial charge in [-0.2, -0.15) is 0 Å². The number of phenols is 1. The fraction of sp³-hybridized carbons (Fsp3) is 0.333. The number of primary amides is 1. The molecule has 0 spiro atoms. The molecule has 0 bridgehead atoms. The van der Waals surface area contributed by atoms with Crippen LogP contribution in [0.2, 0.25) is 0 Å². The number of anilines is 2. The van der Waals surface area contributed by atoms with Crippen molar-refractivity contribution in [1.29, 1.82) is 0 Å². The second kappa shape index (κ2) is 10.7. The van der Waals surface area contributed by atoms with Gasteiger partial charge in [-0.25, -0.2) is 0 Å². The van der Waals surface area contributed by atoms with Crippen molar-refractivity contribution in [2.45, 2.75) is 34.9 Å². The summed E-state index contributed by atoms with van der Waals surface area (Å²) in [5.74, 6) is -6.96. The summed E-state index contributed by atoms with van der Waals surface area (Å²) in [6.45, 7) is 0. The van der Waals surface area contributed by atoms with Gasteiger partial charge in [-0.1, -0.05) is 18.2 Å². The zero-order valence-electron chi connectivity index (χ0n) is 24.4. The zero-order chi connectivity index (χ0) is 32.5. The van der Waals surface area contributed by atoms with Crippen LogP contribution in [0.15, 0.2) is 64.0 Å². The first-order chi connectivity index (χ1) is 20.6. The number of nitrogens with two attached hydrogens (primary N) is 2. The summed E-state index contributed by atoms with van der Waals surface area (Å²) in [6, 6.07) is 8.97. The Morgan fingerprint density at radius 2 is 1.70 bits per heavy atom. The number of allylic oxidation sites excluding steroid dienone is 1. The summed E-state index contributed by atoms with van der Waals surface area (Å²) in [5.41, 5.74) is 6.27. The average Bonchev–Trinajstić information content (AvgIpc) is 2.92. The number of Topliss-reactive ketones (excluding diaryl/α,β-unsaturated/α-hetero) is 2. The number of likely N-dealkylation sites (N-methyl/N-ethyl adjacent to an activating group) is 1. The van der Waals surface area contributed by atoms with E-state index in [1.165, 1.54) is 25.1 Å². The van der Waals surface area contributed by atoms with Gasteiger partial charge in [-0.15, -0.1) is 0 Å². The smallest absolute Gasteiger partial charge is 0.288 e. The Hall–Kier alpha value is -4.37. The highest BCUT2D eigenvalue weighted by molar-refractivity contribution is 8.13. The Kier molecular flexibility index (Phi) is 7.53. The molecule has 0 aliphatic heterocycles. The third-order valence-electron chi connectivity index (χ3n) is 8.56. The predicted molar refractivity (Wildman–Crippen MR) is 163 cm³/mol. The molecule has 2 aromatic carbocycles. The molecule has 0 heterocycles. The van der Waals surface area contributed by atoms with Crippen LogP contribution < -0.4 is 21.7 Å². The lowest BCUT2D eigenvalue weighted by molar-refractivity contribution is -0.152. The minimum Gasteiger partial charge on any atom is -0.510 e. The summed E-state index contributed by atoms with van der Waals surface area (Å²) < 4.78 is 0. The lowest BCUT2D eigenvalue weighted by atomic mass is 9.54. The maximum absolute atomic E-state index is 14.2. The molecule has 3 aliphatic carbocycles. The number of fused-ring (bicyclic) bond motifs is 3. The van der Waals surface area contributed by atoms with Crippen LogP contribution in [0.4, 0.5) is 16.2 Å². The molecule has 14 heteroatoms. The number of aromatic hydroxyl groups is 1. The van der Waals surface area contributed by atoms with Crippen molar-refractivity contribution in [2.24, 2.45) is 17.4 Å². The Morgan fingerprint density at radius 1 is 1.07 bits per heavy atom. The van der Waals surface area contributed by atoms with Crippen LogP contribution in [0, 0.1) is 5.92 Å². The van der Waals surface area contributed by atoms with Crippen LogP contribution in [0.3, 0.4) is 0 Å². The third kappa shape index (κ3) is 4.36. The molecular formula is C30H33N5O8S. The molecule has 0 unspecified atom stereocenters. The van der Waals surface area contributed by atoms with Gasteiger partial charge in [0.15, 0.2) is 11.5 Å². The van der Waals surface area contributed by atoms with Crippen LogP contribution in [0.5, 0.6) is 5.75 Å². The fourth-order valence-electron chi connectivity index (χ4n) is 6.74. The van der Waals surface area contributed by atoms with Crippen LogP contribution in [-0.4, -0.2) is 93.4 Å². The van der Waals surface area contributed by atoms with Gasteiger partial charge in [0, 0.05) is 30.3 Å². The van der Waals surface area contributed by atoms with Gasteiger partial charge >= 0.3 is 0 Å². The molecule has 0 aromatic heterocycles. The zero-order valence-corrected chi connectivity index (χ0v) is 25.2. The first-order valence-electron chi connectivity index (χ1n) is 13.6. The molecule has 0 radical (unpaired) electrons. The molecule has 9 N–H and O–H groups in total. The number of phenolic OH excluding ortho intramolecular Hbond substituents is 1. The van der Waals surface area contributed by atoms with Gasteiger partial charge in [0.25, 0.3) is 11.1 Å². The largest absolute Gasteiger partial charge is 0.510 e. The molecule has 0 saturated carbocycles. The van der Waals surface area contributed by atoms with E-state index in [0.29, 0.717) is 16.1 Å². The number of carbonyl (C=O) groups is 4. The lowest BCUT2D eigenvalue weighted by Crippen LogP contribution is -2.79. The Balaban J connectivity index is 1.67. The van der Waals surface area contributed by atoms with Crippen LogP contribution in [0.1, 0.15) is 22.3 Å². The first kappa shape index (κ1) is 31.1. The molecule has 44 heavy (non-hydrogen) atoms. The maximum Gasteiger partial charge on any atom is 0.288 e. The highest BCUT2D eigenvalue weighted by Crippen LogP contribution is 2.54. The quantitative estimate of drug-likeness (QED) is 0.143. The van der Waals surface area contributed by atoms with Crippen molar-refractivity contribution < 1.29 is 39.6 Å². The molecule has 232 valence electrons. The van der Waals surface area contributed by atoms with E-state index >= 15 is 0 Å². The number of ketones is 2. The van der Waals surface area contributed by atoms with E-state index in [2.05, 4.69) is 5.32 Å². The van der Waals surface area contributed by atoms with E-state index in [1.54, 1.807) is 49.3 Å². The van der Waals surface area contributed by atoms with Crippen molar-refractivity contribution in [2.75, 3.05) is 38.4 Å². The number of rotatable bonds is 5. The van der Waals surface area contributed by atoms with Gasteiger partial charge in [0.2, 0.25) is 11.4 Å². The summed E-state index contributed by atoms with van der Waals surface area (Å²) in [6.07, 6.45) is -0.246. The number of carbonyl (C=O) groups excluding carboxylic acids is 4. The van der Waals surface area contributed by atoms with Crippen molar-refractivity contribution in [1.82, 2.24) is 4.90 Å². The Morgan fingerprint density at radius 3 is 2.27 bits per heavy atom. The number of benzene rings is 2. The Bertz CT molecular complexity index is 1690. The highest BCUT2D eigenvalue weighted by atomic mass is 32.2. The Labute approximate surface area is 256 Å². The van der Waals surface area contributed by atoms with Crippen molar-refractivity contribution in [3.05, 3.63) is 70.2 Å². The van der Waals surface area contributed by atoms with E-state index in [-0.39, 0.29) is 29.7 Å². The number of thioether (sulfide) groups is 1. The number of aliphatic hydroxyl groups excluding tert-OH is 2. The third-order valence-corrected chi connectivity index (χ3v) is 9.36. The molecule has 3 aliphatic rings. The van der Waals surface area contributed by atoms with E-state index in [4.69, 9.17) is 11.5 Å². The molecule has 5 rings (SSSR count). The predicted octanol–water partition coefficient (Wildman–Crippen LogP) is 1.59.